The molecule has 0 aromatic rings. The van der Waals surface area contributed by atoms with Gasteiger partial charge in [0.15, 0.2) is 0 Å². The van der Waals surface area contributed by atoms with E-state index in [9.17, 15) is 0 Å². The molecule has 0 heterocycles. The van der Waals surface area contributed by atoms with Crippen LogP contribution in [0.3, 0.4) is 0 Å². The molecule has 16 heavy (non-hydrogen) atoms. The minimum atomic E-state index is -4.67. The van der Waals surface area contributed by atoms with Gasteiger partial charge in [-0.15, -0.1) is 0 Å². The summed E-state index contributed by atoms with van der Waals surface area (Å²) >= 11 is 0. The number of hydrogen-bond acceptors (Lipinski definition) is 3. The van der Waals surface area contributed by atoms with Crippen molar-refractivity contribution in [2.24, 2.45) is 5.92 Å². The van der Waals surface area contributed by atoms with Gasteiger partial charge in [-0.05, 0) is 12.3 Å². The number of rotatable bonds is 6. The van der Waals surface area contributed by atoms with Gasteiger partial charge in [0.2, 0.25) is 0 Å². The Hall–Kier alpha value is 1.47. The molecule has 0 aromatic heterocycles. The second kappa shape index (κ2) is 14.5. The monoisotopic (exact) mass is 282 g/mol. The van der Waals surface area contributed by atoms with Gasteiger partial charge in [0.25, 0.3) is 0 Å². The Kier molecular flexibility index (Phi) is 20.5. The van der Waals surface area contributed by atoms with E-state index in [1.165, 1.54) is 25.7 Å². The van der Waals surface area contributed by atoms with Crippen LogP contribution in [0.15, 0.2) is 0 Å². The Labute approximate surface area is 142 Å². The average molecular weight is 282 g/mol. The fraction of sp³-hybridized carbons (Fsp3) is 1.00. The van der Waals surface area contributed by atoms with Gasteiger partial charge in [-0.3, -0.25) is 9.11 Å². The molecule has 0 aromatic carbocycles. The molecule has 0 bridgehead atoms. The van der Waals surface area contributed by atoms with E-state index in [0.29, 0.717) is 6.61 Å². The van der Waals surface area contributed by atoms with Crippen molar-refractivity contribution < 1.29 is 75.4 Å². The van der Waals surface area contributed by atoms with Crippen LogP contribution in [0, 0.1) is 5.92 Å². The minimum absolute atomic E-state index is 0. The molecule has 0 spiro atoms. The predicted molar refractivity (Wildman–Crippen MR) is 60.3 cm³/mol. The van der Waals surface area contributed by atoms with E-state index in [1.807, 2.05) is 0 Å². The zero-order chi connectivity index (χ0) is 12.3. The first-order valence-corrected chi connectivity index (χ1v) is 6.47. The summed E-state index contributed by atoms with van der Waals surface area (Å²) in [6, 6.07) is 0. The van der Waals surface area contributed by atoms with E-state index < -0.39 is 10.4 Å². The van der Waals surface area contributed by atoms with Crippen LogP contribution >= 0.6 is 0 Å². The van der Waals surface area contributed by atoms with E-state index in [1.54, 1.807) is 0 Å². The van der Waals surface area contributed by atoms with Crippen LogP contribution in [0.4, 0.5) is 0 Å². The summed E-state index contributed by atoms with van der Waals surface area (Å²) in [4.78, 5) is 0. The summed E-state index contributed by atoms with van der Waals surface area (Å²) in [7, 11) is -4.67. The third kappa shape index (κ3) is 45.2. The van der Waals surface area contributed by atoms with Crippen LogP contribution in [0.2, 0.25) is 0 Å². The van der Waals surface area contributed by atoms with Gasteiger partial charge in [0, 0.05) is 6.61 Å². The summed E-state index contributed by atoms with van der Waals surface area (Å²) in [5.74, 6) is 0.842. The third-order valence-electron chi connectivity index (χ3n) is 1.69. The number of aliphatic hydroxyl groups is 1. The van der Waals surface area contributed by atoms with E-state index in [-0.39, 0.29) is 52.8 Å². The van der Waals surface area contributed by atoms with Gasteiger partial charge in [-0.1, -0.05) is 39.5 Å². The first kappa shape index (κ1) is 22.6. The SMILES string of the molecule is CC(C)CCCCCCO.O=S(=O)(O)O.[H-].[K+]. The first-order chi connectivity index (χ1) is 6.77. The van der Waals surface area contributed by atoms with Crippen LogP contribution in [0.25, 0.3) is 0 Å². The molecule has 0 rings (SSSR count). The Bertz CT molecular complexity index is 213. The Balaban J connectivity index is -0.000000105. The minimum Gasteiger partial charge on any atom is -1.00 e. The van der Waals surface area contributed by atoms with Crippen LogP contribution < -0.4 is 51.4 Å². The van der Waals surface area contributed by atoms with E-state index in [2.05, 4.69) is 13.8 Å². The molecule has 0 fully saturated rings. The van der Waals surface area contributed by atoms with Crippen LogP contribution in [0.5, 0.6) is 0 Å². The van der Waals surface area contributed by atoms with Gasteiger partial charge >= 0.3 is 61.8 Å². The molecule has 3 N–H and O–H groups in total. The third-order valence-corrected chi connectivity index (χ3v) is 1.69. The Morgan fingerprint density at radius 1 is 1.06 bits per heavy atom. The molecule has 0 aliphatic carbocycles. The molecule has 0 saturated carbocycles. The van der Waals surface area contributed by atoms with Gasteiger partial charge in [0.05, 0.1) is 0 Å². The zero-order valence-electron chi connectivity index (χ0n) is 11.4. The second-order valence-corrected chi connectivity index (χ2v) is 4.66. The van der Waals surface area contributed by atoms with Crippen molar-refractivity contribution in [1.82, 2.24) is 0 Å². The van der Waals surface area contributed by atoms with Crippen molar-refractivity contribution in [2.75, 3.05) is 6.61 Å². The molecule has 0 aliphatic heterocycles. The summed E-state index contributed by atoms with van der Waals surface area (Å²) in [6.45, 7) is 4.87. The summed E-state index contributed by atoms with van der Waals surface area (Å²) < 4.78 is 31.6. The first-order valence-electron chi connectivity index (χ1n) is 5.08. The molecular formula is C9H23KO5S. The summed E-state index contributed by atoms with van der Waals surface area (Å²) in [5, 5.41) is 8.47. The van der Waals surface area contributed by atoms with Crippen molar-refractivity contribution in [2.45, 2.75) is 46.0 Å². The van der Waals surface area contributed by atoms with Gasteiger partial charge < -0.3 is 6.53 Å². The van der Waals surface area contributed by atoms with Crippen LogP contribution in [-0.2, 0) is 10.4 Å². The fourth-order valence-electron chi connectivity index (χ4n) is 1.02. The molecule has 0 amide bonds. The van der Waals surface area contributed by atoms with Gasteiger partial charge in [-0.2, -0.15) is 8.42 Å². The maximum absolute atomic E-state index is 8.74. The van der Waals surface area contributed by atoms with Crippen molar-refractivity contribution in [1.29, 1.82) is 0 Å². The molecule has 0 atom stereocenters. The normalized spacial score (nSPS) is 10.4. The van der Waals surface area contributed by atoms with Crippen molar-refractivity contribution >= 4 is 10.4 Å². The topological polar surface area (TPSA) is 94.8 Å². The molecule has 96 valence electrons. The number of unbranched alkanes of at least 4 members (excludes halogenated alkanes) is 3. The van der Waals surface area contributed by atoms with E-state index in [4.69, 9.17) is 22.6 Å². The summed E-state index contributed by atoms with van der Waals surface area (Å²) in [6.07, 6.45) is 6.14. The van der Waals surface area contributed by atoms with Gasteiger partial charge in [-0.25, -0.2) is 0 Å². The van der Waals surface area contributed by atoms with Crippen molar-refractivity contribution in [3.8, 4) is 0 Å². The van der Waals surface area contributed by atoms with Gasteiger partial charge in [0.1, 0.15) is 0 Å². The largest absolute Gasteiger partial charge is 1.00 e. The quantitative estimate of drug-likeness (QED) is 0.332. The maximum Gasteiger partial charge on any atom is 1.00 e. The molecular weight excluding hydrogens is 259 g/mol. The van der Waals surface area contributed by atoms with Crippen molar-refractivity contribution in [3.63, 3.8) is 0 Å². The van der Waals surface area contributed by atoms with Crippen LogP contribution in [-0.4, -0.2) is 29.2 Å². The predicted octanol–water partition coefficient (Wildman–Crippen LogP) is -0.951. The zero-order valence-corrected chi connectivity index (χ0v) is 14.3. The van der Waals surface area contributed by atoms with Crippen molar-refractivity contribution in [3.05, 3.63) is 0 Å². The van der Waals surface area contributed by atoms with E-state index in [0.717, 1.165) is 12.3 Å². The molecule has 0 saturated heterocycles. The molecule has 7 heteroatoms. The molecule has 0 radical (unpaired) electrons. The standard InChI is InChI=1S/C9H20O.K.H2O4S.H/c1-9(2)7-5-3-4-6-8-10;;1-5(2,3)4;/h9-10H,3-8H2,1-2H3;;(H2,1,2,3,4);/q;+1;;-1. The summed E-state index contributed by atoms with van der Waals surface area (Å²) in [5.41, 5.74) is 0. The van der Waals surface area contributed by atoms with Crippen LogP contribution in [0.1, 0.15) is 47.4 Å². The fourth-order valence-corrected chi connectivity index (χ4v) is 1.02. The van der Waals surface area contributed by atoms with E-state index >= 15 is 0 Å². The second-order valence-electron chi connectivity index (χ2n) is 3.77. The molecule has 0 unspecified atom stereocenters. The number of hydrogen-bond donors (Lipinski definition) is 3. The maximum atomic E-state index is 8.74. The molecule has 5 nitrogen and oxygen atoms in total. The Morgan fingerprint density at radius 2 is 1.44 bits per heavy atom. The average Bonchev–Trinajstić information content (AvgIpc) is 2.00. The Morgan fingerprint density at radius 3 is 1.75 bits per heavy atom. The number of aliphatic hydroxyl groups excluding tert-OH is 1. The smallest absolute Gasteiger partial charge is 1.00 e. The molecule has 0 aliphatic rings.